The molecule has 0 aliphatic carbocycles. The van der Waals surface area contributed by atoms with Gasteiger partial charge in [0, 0.05) is 36.0 Å². The molecule has 0 saturated carbocycles. The Morgan fingerprint density at radius 3 is 2.12 bits per heavy atom. The third-order valence-corrected chi connectivity index (χ3v) is 4.58. The summed E-state index contributed by atoms with van der Waals surface area (Å²) in [7, 11) is -3.85. The van der Waals surface area contributed by atoms with Crippen molar-refractivity contribution in [2.45, 2.75) is 4.90 Å². The number of nitro benzene ring substituents is 2. The van der Waals surface area contributed by atoms with Gasteiger partial charge in [0.15, 0.2) is 9.84 Å². The Bertz CT molecular complexity index is 953. The van der Waals surface area contributed by atoms with E-state index in [0.29, 0.717) is 0 Å². The Morgan fingerprint density at radius 1 is 1.00 bits per heavy atom. The number of benzene rings is 2. The van der Waals surface area contributed by atoms with Crippen LogP contribution in [0.4, 0.5) is 11.4 Å². The maximum atomic E-state index is 12.1. The Hall–Kier alpha value is -3.34. The van der Waals surface area contributed by atoms with Crippen molar-refractivity contribution in [3.63, 3.8) is 0 Å². The van der Waals surface area contributed by atoms with Crippen LogP contribution in [-0.2, 0) is 9.84 Å². The maximum absolute atomic E-state index is 12.1. The van der Waals surface area contributed by atoms with E-state index in [-0.39, 0.29) is 27.6 Å². The molecule has 0 aromatic heterocycles. The van der Waals surface area contributed by atoms with Crippen LogP contribution in [0.25, 0.3) is 0 Å². The molecule has 11 heteroatoms. The van der Waals surface area contributed by atoms with Crippen LogP contribution in [0, 0.1) is 20.2 Å². The minimum absolute atomic E-state index is 0.00639. The molecule has 0 saturated heterocycles. The van der Waals surface area contributed by atoms with Gasteiger partial charge in [-0.3, -0.25) is 25.2 Å². The normalized spacial score (nSPS) is 11.5. The van der Waals surface area contributed by atoms with Gasteiger partial charge >= 0.3 is 0 Å². The van der Waals surface area contributed by atoms with Crippen LogP contribution < -0.4 is 0 Å². The number of nitrogens with zero attached hydrogens (tertiary/aromatic N) is 3. The van der Waals surface area contributed by atoms with Crippen molar-refractivity contribution in [3.8, 4) is 5.75 Å². The smallest absolute Gasteiger partial charge is 0.270 e. The summed E-state index contributed by atoms with van der Waals surface area (Å²) in [5.41, 5.74) is -0.533. The van der Waals surface area contributed by atoms with Gasteiger partial charge in [0.05, 0.1) is 14.7 Å². The summed E-state index contributed by atoms with van der Waals surface area (Å²) in [5, 5.41) is 30.9. The number of nitro groups is 2. The number of phenolic OH excluding ortho intramolecular Hbond substituents is 1. The second-order valence-corrected chi connectivity index (χ2v) is 6.77. The fourth-order valence-corrected chi connectivity index (χ4v) is 2.81. The van der Waals surface area contributed by atoms with Crippen LogP contribution in [-0.4, -0.2) is 35.5 Å². The lowest BCUT2D eigenvalue weighted by molar-refractivity contribution is -0.385. The lowest BCUT2D eigenvalue weighted by atomic mass is 10.2. The largest absolute Gasteiger partial charge is 0.507 e. The summed E-state index contributed by atoms with van der Waals surface area (Å²) in [6, 6.07) is 7.55. The van der Waals surface area contributed by atoms with Crippen molar-refractivity contribution < 1.29 is 23.4 Å². The van der Waals surface area contributed by atoms with E-state index >= 15 is 0 Å². The molecule has 130 valence electrons. The summed E-state index contributed by atoms with van der Waals surface area (Å²) in [6.45, 7) is 0. The van der Waals surface area contributed by atoms with Gasteiger partial charge < -0.3 is 5.11 Å². The Labute approximate surface area is 141 Å². The van der Waals surface area contributed by atoms with E-state index in [9.17, 15) is 33.8 Å². The Morgan fingerprint density at radius 2 is 1.56 bits per heavy atom. The standard InChI is InChI=1S/C14H11N3O7S/c18-14-6-3-12(17(21)22)7-10(14)8-15-9-25(23,24)13-4-1-11(2-5-13)16(19)20/h1-8,18H,9H2. The van der Waals surface area contributed by atoms with Crippen LogP contribution in [0.2, 0.25) is 0 Å². The molecular weight excluding hydrogens is 354 g/mol. The molecule has 0 heterocycles. The second-order valence-electron chi connectivity index (χ2n) is 4.81. The molecule has 1 N–H and O–H groups in total. The zero-order chi connectivity index (χ0) is 18.6. The number of hydrogen-bond donors (Lipinski definition) is 1. The molecule has 0 bridgehead atoms. The zero-order valence-electron chi connectivity index (χ0n) is 12.5. The average Bonchev–Trinajstić information content (AvgIpc) is 2.56. The van der Waals surface area contributed by atoms with E-state index in [1.54, 1.807) is 0 Å². The van der Waals surface area contributed by atoms with E-state index in [1.165, 1.54) is 0 Å². The highest BCUT2D eigenvalue weighted by Gasteiger charge is 2.15. The molecule has 2 aromatic carbocycles. The lowest BCUT2D eigenvalue weighted by Crippen LogP contribution is -2.05. The van der Waals surface area contributed by atoms with Gasteiger partial charge in [0.1, 0.15) is 11.6 Å². The van der Waals surface area contributed by atoms with Crippen LogP contribution >= 0.6 is 0 Å². The van der Waals surface area contributed by atoms with Crippen LogP contribution in [0.5, 0.6) is 5.75 Å². The zero-order valence-corrected chi connectivity index (χ0v) is 13.3. The third-order valence-electron chi connectivity index (χ3n) is 3.10. The van der Waals surface area contributed by atoms with E-state index in [1.807, 2.05) is 0 Å². The van der Waals surface area contributed by atoms with Gasteiger partial charge in [-0.05, 0) is 18.2 Å². The predicted octanol–water partition coefficient (Wildman–Crippen LogP) is 2.06. The highest BCUT2D eigenvalue weighted by atomic mass is 32.2. The molecule has 2 aromatic rings. The van der Waals surface area contributed by atoms with Crippen molar-refractivity contribution in [2.24, 2.45) is 4.99 Å². The fourth-order valence-electron chi connectivity index (χ4n) is 1.84. The van der Waals surface area contributed by atoms with Gasteiger partial charge in [-0.1, -0.05) is 0 Å². The van der Waals surface area contributed by atoms with Gasteiger partial charge in [0.2, 0.25) is 0 Å². The molecule has 0 fully saturated rings. The van der Waals surface area contributed by atoms with Crippen LogP contribution in [0.1, 0.15) is 5.56 Å². The molecule has 0 aliphatic rings. The molecule has 0 aliphatic heterocycles. The van der Waals surface area contributed by atoms with Crippen molar-refractivity contribution in [2.75, 3.05) is 5.88 Å². The molecule has 0 spiro atoms. The quantitative estimate of drug-likeness (QED) is 0.467. The van der Waals surface area contributed by atoms with E-state index in [4.69, 9.17) is 0 Å². The fraction of sp³-hybridized carbons (Fsp3) is 0.0714. The molecular formula is C14H11N3O7S. The molecule has 0 atom stereocenters. The van der Waals surface area contributed by atoms with Crippen molar-refractivity contribution in [1.82, 2.24) is 0 Å². The molecule has 0 radical (unpaired) electrons. The number of hydrogen-bond acceptors (Lipinski definition) is 8. The van der Waals surface area contributed by atoms with Crippen LogP contribution in [0.15, 0.2) is 52.4 Å². The number of sulfone groups is 1. The summed E-state index contributed by atoms with van der Waals surface area (Å²) >= 11 is 0. The molecule has 10 nitrogen and oxygen atoms in total. The van der Waals surface area contributed by atoms with E-state index in [2.05, 4.69) is 4.99 Å². The first-order valence-corrected chi connectivity index (χ1v) is 8.30. The molecule has 0 unspecified atom stereocenters. The highest BCUT2D eigenvalue weighted by Crippen LogP contribution is 2.22. The predicted molar refractivity (Wildman–Crippen MR) is 87.5 cm³/mol. The average molecular weight is 365 g/mol. The van der Waals surface area contributed by atoms with Crippen molar-refractivity contribution in [1.29, 1.82) is 0 Å². The summed E-state index contributed by atoms with van der Waals surface area (Å²) < 4.78 is 24.2. The first-order valence-electron chi connectivity index (χ1n) is 6.65. The molecule has 0 amide bonds. The van der Waals surface area contributed by atoms with Gasteiger partial charge in [-0.25, -0.2) is 8.42 Å². The summed E-state index contributed by atoms with van der Waals surface area (Å²) in [4.78, 5) is 23.5. The van der Waals surface area contributed by atoms with Crippen LogP contribution in [0.3, 0.4) is 0 Å². The van der Waals surface area contributed by atoms with E-state index in [0.717, 1.165) is 48.7 Å². The minimum Gasteiger partial charge on any atom is -0.507 e. The topological polar surface area (TPSA) is 153 Å². The first-order chi connectivity index (χ1) is 11.7. The molecule has 25 heavy (non-hydrogen) atoms. The van der Waals surface area contributed by atoms with Crippen molar-refractivity contribution in [3.05, 3.63) is 68.3 Å². The van der Waals surface area contributed by atoms with Crippen molar-refractivity contribution >= 4 is 27.4 Å². The number of phenols is 1. The number of rotatable bonds is 6. The summed E-state index contributed by atoms with van der Waals surface area (Å²) in [5.74, 6) is -0.977. The number of aromatic hydroxyl groups is 1. The minimum atomic E-state index is -3.85. The molecule has 2 rings (SSSR count). The van der Waals surface area contributed by atoms with Gasteiger partial charge in [0.25, 0.3) is 11.4 Å². The maximum Gasteiger partial charge on any atom is 0.270 e. The third kappa shape index (κ3) is 4.35. The Balaban J connectivity index is 2.19. The highest BCUT2D eigenvalue weighted by molar-refractivity contribution is 7.91. The lowest BCUT2D eigenvalue weighted by Gasteiger charge is -2.02. The van der Waals surface area contributed by atoms with E-state index < -0.39 is 25.6 Å². The number of aliphatic imine (C=N–C) groups is 1. The SMILES string of the molecule is O=[N+]([O-])c1ccc(S(=O)(=O)CN=Cc2cc([N+](=O)[O-])ccc2O)cc1. The summed E-state index contributed by atoms with van der Waals surface area (Å²) in [6.07, 6.45) is 1.01. The number of non-ortho nitro benzene ring substituents is 2. The monoisotopic (exact) mass is 365 g/mol. The van der Waals surface area contributed by atoms with Gasteiger partial charge in [-0.2, -0.15) is 0 Å². The first kappa shape index (κ1) is 18.0. The second kappa shape index (κ2) is 7.05. The Kier molecular flexibility index (Phi) is 5.08. The van der Waals surface area contributed by atoms with Gasteiger partial charge in [-0.15, -0.1) is 0 Å².